The molecule has 0 radical (unpaired) electrons. The highest BCUT2D eigenvalue weighted by atomic mass is 32.2. The second kappa shape index (κ2) is 7.57. The van der Waals surface area contributed by atoms with E-state index in [9.17, 15) is 4.79 Å². The van der Waals surface area contributed by atoms with Gasteiger partial charge in [0.15, 0.2) is 0 Å². The lowest BCUT2D eigenvalue weighted by Crippen LogP contribution is -2.29. The molecule has 118 valence electrons. The maximum absolute atomic E-state index is 12.1. The average molecular weight is 343 g/mol. The quantitative estimate of drug-likeness (QED) is 0.548. The lowest BCUT2D eigenvalue weighted by atomic mass is 10.0. The third kappa shape index (κ3) is 4.09. The topological polar surface area (TPSA) is 54.9 Å². The smallest absolute Gasteiger partial charge is 0.230 e. The molecule has 3 aromatic rings. The Morgan fingerprint density at radius 3 is 2.91 bits per heavy atom. The van der Waals surface area contributed by atoms with Crippen LogP contribution in [0.4, 0.5) is 0 Å². The summed E-state index contributed by atoms with van der Waals surface area (Å²) in [7, 11) is 0. The van der Waals surface area contributed by atoms with Crippen LogP contribution in [0.1, 0.15) is 18.4 Å². The molecule has 0 saturated heterocycles. The molecule has 1 unspecified atom stereocenters. The van der Waals surface area contributed by atoms with E-state index in [0.717, 1.165) is 15.2 Å². The van der Waals surface area contributed by atoms with Crippen molar-refractivity contribution in [3.63, 3.8) is 0 Å². The van der Waals surface area contributed by atoms with Crippen molar-refractivity contribution in [1.82, 2.24) is 15.3 Å². The first-order valence-electron chi connectivity index (χ1n) is 7.36. The minimum absolute atomic E-state index is 0.0288. The van der Waals surface area contributed by atoms with E-state index in [1.807, 2.05) is 29.6 Å². The number of amides is 1. The third-order valence-electron chi connectivity index (χ3n) is 3.52. The highest BCUT2D eigenvalue weighted by molar-refractivity contribution is 8.00. The first-order valence-corrected chi connectivity index (χ1v) is 9.23. The van der Waals surface area contributed by atoms with Crippen LogP contribution in [0.15, 0.2) is 53.1 Å². The van der Waals surface area contributed by atoms with Gasteiger partial charge in [0, 0.05) is 6.54 Å². The van der Waals surface area contributed by atoms with E-state index >= 15 is 0 Å². The van der Waals surface area contributed by atoms with E-state index in [-0.39, 0.29) is 5.91 Å². The molecular weight excluding hydrogens is 326 g/mol. The Morgan fingerprint density at radius 2 is 2.09 bits per heavy atom. The zero-order valence-corrected chi connectivity index (χ0v) is 14.4. The number of carbonyl (C=O) groups is 1. The normalized spacial score (nSPS) is 12.2. The molecular formula is C17H17N3OS2. The van der Waals surface area contributed by atoms with Crippen molar-refractivity contribution in [2.75, 3.05) is 12.3 Å². The number of thiophene rings is 1. The molecule has 6 heteroatoms. The molecule has 1 N–H and O–H groups in total. The van der Waals surface area contributed by atoms with Crippen molar-refractivity contribution in [1.29, 1.82) is 0 Å². The molecule has 0 bridgehead atoms. The fraction of sp³-hybridized carbons (Fsp3) is 0.235. The molecule has 0 spiro atoms. The van der Waals surface area contributed by atoms with Gasteiger partial charge in [-0.3, -0.25) is 4.79 Å². The maximum atomic E-state index is 12.1. The Kier molecular flexibility index (Phi) is 5.25. The van der Waals surface area contributed by atoms with Gasteiger partial charge in [0.25, 0.3) is 0 Å². The van der Waals surface area contributed by atoms with Gasteiger partial charge < -0.3 is 5.32 Å². The van der Waals surface area contributed by atoms with Gasteiger partial charge in [0.1, 0.15) is 11.4 Å². The van der Waals surface area contributed by atoms with Crippen molar-refractivity contribution < 1.29 is 4.79 Å². The number of rotatable bonds is 6. The predicted molar refractivity (Wildman–Crippen MR) is 96.0 cm³/mol. The molecule has 1 amide bonds. The number of benzene rings is 1. The Hall–Kier alpha value is -1.92. The van der Waals surface area contributed by atoms with Crippen LogP contribution >= 0.6 is 23.1 Å². The summed E-state index contributed by atoms with van der Waals surface area (Å²) in [5.74, 6) is 0.695. The molecule has 0 saturated carbocycles. The molecule has 0 aliphatic carbocycles. The zero-order valence-electron chi connectivity index (χ0n) is 12.7. The van der Waals surface area contributed by atoms with Crippen molar-refractivity contribution in [3.05, 3.63) is 53.7 Å². The van der Waals surface area contributed by atoms with Gasteiger partial charge in [-0.2, -0.15) is 0 Å². The average Bonchev–Trinajstić information content (AvgIpc) is 3.07. The molecule has 3 rings (SSSR count). The van der Waals surface area contributed by atoms with Gasteiger partial charge >= 0.3 is 0 Å². The fourth-order valence-electron chi connectivity index (χ4n) is 2.22. The van der Waals surface area contributed by atoms with Crippen molar-refractivity contribution in [3.8, 4) is 0 Å². The predicted octanol–water partition coefficient (Wildman–Crippen LogP) is 3.70. The van der Waals surface area contributed by atoms with Crippen LogP contribution in [0.5, 0.6) is 0 Å². The number of nitrogens with zero attached hydrogens (tertiary/aromatic N) is 2. The minimum atomic E-state index is 0.0288. The largest absolute Gasteiger partial charge is 0.355 e. The zero-order chi connectivity index (χ0) is 16.1. The van der Waals surface area contributed by atoms with E-state index in [1.165, 1.54) is 17.3 Å². The molecule has 0 fully saturated rings. The number of thioether (sulfide) groups is 1. The van der Waals surface area contributed by atoms with Gasteiger partial charge in [-0.15, -0.1) is 11.3 Å². The molecule has 1 atom stereocenters. The minimum Gasteiger partial charge on any atom is -0.355 e. The molecule has 0 aliphatic rings. The summed E-state index contributed by atoms with van der Waals surface area (Å²) in [4.78, 5) is 20.5. The summed E-state index contributed by atoms with van der Waals surface area (Å²) < 4.78 is 1.04. The second-order valence-corrected chi connectivity index (χ2v) is 7.10. The summed E-state index contributed by atoms with van der Waals surface area (Å²) in [6.45, 7) is 2.75. The summed E-state index contributed by atoms with van der Waals surface area (Å²) >= 11 is 3.06. The number of carbonyl (C=O) groups excluding carboxylic acids is 1. The van der Waals surface area contributed by atoms with Gasteiger partial charge in [0.2, 0.25) is 5.91 Å². The Bertz CT molecular complexity index is 789. The van der Waals surface area contributed by atoms with Crippen molar-refractivity contribution in [2.24, 2.45) is 0 Å². The number of hydrogen-bond donors (Lipinski definition) is 1. The molecule has 1 aromatic carbocycles. The summed E-state index contributed by atoms with van der Waals surface area (Å²) in [6.07, 6.45) is 1.55. The van der Waals surface area contributed by atoms with E-state index in [1.54, 1.807) is 17.7 Å². The fourth-order valence-corrected chi connectivity index (χ4v) is 4.00. The van der Waals surface area contributed by atoms with E-state index in [4.69, 9.17) is 0 Å². The lowest BCUT2D eigenvalue weighted by molar-refractivity contribution is -0.118. The number of fused-ring (bicyclic) bond motifs is 1. The van der Waals surface area contributed by atoms with Crippen LogP contribution in [0.3, 0.4) is 0 Å². The van der Waals surface area contributed by atoms with Gasteiger partial charge in [-0.1, -0.05) is 49.0 Å². The van der Waals surface area contributed by atoms with Crippen molar-refractivity contribution >= 4 is 39.2 Å². The molecule has 23 heavy (non-hydrogen) atoms. The third-order valence-corrected chi connectivity index (χ3v) is 5.55. The van der Waals surface area contributed by atoms with Crippen LogP contribution in [-0.2, 0) is 4.79 Å². The number of nitrogens with one attached hydrogen (secondary N) is 1. The van der Waals surface area contributed by atoms with Gasteiger partial charge in [-0.05, 0) is 22.9 Å². The van der Waals surface area contributed by atoms with E-state index < -0.39 is 0 Å². The van der Waals surface area contributed by atoms with Crippen LogP contribution < -0.4 is 5.32 Å². The molecule has 2 aromatic heterocycles. The SMILES string of the molecule is CC(CNC(=O)CSc1ncnc2ccsc12)c1ccccc1. The summed E-state index contributed by atoms with van der Waals surface area (Å²) in [5, 5.41) is 5.86. The standard InChI is InChI=1S/C17H17N3OS2/c1-12(13-5-3-2-4-6-13)9-18-15(21)10-23-17-16-14(7-8-22-16)19-11-20-17/h2-8,11-12H,9-10H2,1H3,(H,18,21). The maximum Gasteiger partial charge on any atom is 0.230 e. The monoisotopic (exact) mass is 343 g/mol. The summed E-state index contributed by atoms with van der Waals surface area (Å²) in [6, 6.07) is 12.2. The number of hydrogen-bond acceptors (Lipinski definition) is 5. The van der Waals surface area contributed by atoms with Gasteiger partial charge in [-0.25, -0.2) is 9.97 Å². The lowest BCUT2D eigenvalue weighted by Gasteiger charge is -2.12. The van der Waals surface area contributed by atoms with E-state index in [2.05, 4.69) is 34.3 Å². The van der Waals surface area contributed by atoms with Crippen LogP contribution in [0.2, 0.25) is 0 Å². The van der Waals surface area contributed by atoms with Crippen LogP contribution in [0.25, 0.3) is 10.2 Å². The highest BCUT2D eigenvalue weighted by Gasteiger charge is 2.10. The summed E-state index contributed by atoms with van der Waals surface area (Å²) in [5.41, 5.74) is 2.17. The van der Waals surface area contributed by atoms with Gasteiger partial charge in [0.05, 0.1) is 16.0 Å². The van der Waals surface area contributed by atoms with Crippen LogP contribution in [0, 0.1) is 0 Å². The number of aromatic nitrogens is 2. The Morgan fingerprint density at radius 1 is 1.26 bits per heavy atom. The molecule has 0 aliphatic heterocycles. The molecule has 4 nitrogen and oxygen atoms in total. The Balaban J connectivity index is 1.51. The highest BCUT2D eigenvalue weighted by Crippen LogP contribution is 2.28. The first kappa shape index (κ1) is 16.0. The van der Waals surface area contributed by atoms with Crippen LogP contribution in [-0.4, -0.2) is 28.2 Å². The molecule has 2 heterocycles. The van der Waals surface area contributed by atoms with E-state index in [0.29, 0.717) is 18.2 Å². The first-order chi connectivity index (χ1) is 11.2. The Labute approximate surface area is 143 Å². The second-order valence-electron chi connectivity index (χ2n) is 5.22. The van der Waals surface area contributed by atoms with Crippen molar-refractivity contribution in [2.45, 2.75) is 17.9 Å².